The SMILES string of the molecule is CC1CCCC(C(N)CCCc2cccs2)C1. The maximum absolute atomic E-state index is 6.35. The van der Waals surface area contributed by atoms with Crippen molar-refractivity contribution in [3.05, 3.63) is 22.4 Å². The number of hydrogen-bond acceptors (Lipinski definition) is 2. The molecule has 96 valence electrons. The second kappa shape index (κ2) is 6.55. The molecule has 0 bridgehead atoms. The Morgan fingerprint density at radius 3 is 3.06 bits per heavy atom. The van der Waals surface area contributed by atoms with Crippen molar-refractivity contribution in [3.8, 4) is 0 Å². The van der Waals surface area contributed by atoms with Crippen LogP contribution in [0.4, 0.5) is 0 Å². The summed E-state index contributed by atoms with van der Waals surface area (Å²) in [6.07, 6.45) is 9.21. The van der Waals surface area contributed by atoms with Crippen LogP contribution in [0.3, 0.4) is 0 Å². The summed E-state index contributed by atoms with van der Waals surface area (Å²) in [7, 11) is 0. The highest BCUT2D eigenvalue weighted by Crippen LogP contribution is 2.31. The van der Waals surface area contributed by atoms with Gasteiger partial charge in [-0.05, 0) is 55.4 Å². The first-order valence-corrected chi connectivity index (χ1v) is 7.91. The van der Waals surface area contributed by atoms with Crippen LogP contribution in [0.25, 0.3) is 0 Å². The third-order valence-electron chi connectivity index (χ3n) is 4.12. The molecular weight excluding hydrogens is 226 g/mol. The molecule has 0 spiro atoms. The summed E-state index contributed by atoms with van der Waals surface area (Å²) in [5.74, 6) is 1.69. The molecule has 17 heavy (non-hydrogen) atoms. The zero-order valence-corrected chi connectivity index (χ0v) is 11.7. The van der Waals surface area contributed by atoms with Crippen LogP contribution in [0.5, 0.6) is 0 Å². The van der Waals surface area contributed by atoms with Gasteiger partial charge in [0.05, 0.1) is 0 Å². The first-order valence-electron chi connectivity index (χ1n) is 7.03. The van der Waals surface area contributed by atoms with Crippen molar-refractivity contribution in [1.82, 2.24) is 0 Å². The Kier molecular flexibility index (Phi) is 5.05. The van der Waals surface area contributed by atoms with Gasteiger partial charge in [0.2, 0.25) is 0 Å². The molecule has 1 nitrogen and oxygen atoms in total. The van der Waals surface area contributed by atoms with Crippen molar-refractivity contribution in [2.45, 2.75) is 57.9 Å². The van der Waals surface area contributed by atoms with Crippen LogP contribution in [-0.2, 0) is 6.42 Å². The molecule has 1 aromatic rings. The molecule has 0 amide bonds. The number of aryl methyl sites for hydroxylation is 1. The average molecular weight is 251 g/mol. The maximum Gasteiger partial charge on any atom is 0.00673 e. The molecule has 3 atom stereocenters. The molecule has 0 saturated heterocycles. The summed E-state index contributed by atoms with van der Waals surface area (Å²) in [4.78, 5) is 1.51. The average Bonchev–Trinajstić information content (AvgIpc) is 2.82. The Morgan fingerprint density at radius 1 is 1.47 bits per heavy atom. The lowest BCUT2D eigenvalue weighted by Gasteiger charge is -2.31. The van der Waals surface area contributed by atoms with Crippen molar-refractivity contribution in [2.24, 2.45) is 17.6 Å². The summed E-state index contributed by atoms with van der Waals surface area (Å²) in [5.41, 5.74) is 6.35. The van der Waals surface area contributed by atoms with E-state index in [0.717, 1.165) is 11.8 Å². The van der Waals surface area contributed by atoms with E-state index < -0.39 is 0 Å². The van der Waals surface area contributed by atoms with E-state index >= 15 is 0 Å². The van der Waals surface area contributed by atoms with Gasteiger partial charge in [0, 0.05) is 10.9 Å². The lowest BCUT2D eigenvalue weighted by Crippen LogP contribution is -2.33. The normalized spacial score (nSPS) is 26.9. The molecule has 0 radical (unpaired) electrons. The predicted molar refractivity (Wildman–Crippen MR) is 76.4 cm³/mol. The minimum absolute atomic E-state index is 0.442. The summed E-state index contributed by atoms with van der Waals surface area (Å²) >= 11 is 1.87. The Balaban J connectivity index is 1.68. The van der Waals surface area contributed by atoms with E-state index in [1.807, 2.05) is 11.3 Å². The van der Waals surface area contributed by atoms with E-state index in [9.17, 15) is 0 Å². The Bertz CT molecular complexity index is 307. The highest BCUT2D eigenvalue weighted by molar-refractivity contribution is 7.09. The first-order chi connectivity index (χ1) is 8.25. The number of nitrogens with two attached hydrogens (primary N) is 1. The van der Waals surface area contributed by atoms with E-state index in [1.54, 1.807) is 0 Å². The lowest BCUT2D eigenvalue weighted by atomic mass is 9.77. The molecule has 0 aromatic carbocycles. The molecule has 3 unspecified atom stereocenters. The predicted octanol–water partition coefficient (Wildman–Crippen LogP) is 4.22. The van der Waals surface area contributed by atoms with E-state index in [-0.39, 0.29) is 0 Å². The van der Waals surface area contributed by atoms with Crippen LogP contribution in [0.15, 0.2) is 17.5 Å². The van der Waals surface area contributed by atoms with Gasteiger partial charge in [-0.3, -0.25) is 0 Å². The van der Waals surface area contributed by atoms with Gasteiger partial charge >= 0.3 is 0 Å². The topological polar surface area (TPSA) is 26.0 Å². The van der Waals surface area contributed by atoms with E-state index in [0.29, 0.717) is 6.04 Å². The summed E-state index contributed by atoms with van der Waals surface area (Å²) in [6.45, 7) is 2.38. The van der Waals surface area contributed by atoms with Crippen molar-refractivity contribution >= 4 is 11.3 Å². The molecule has 2 N–H and O–H groups in total. The molecular formula is C15H25NS. The van der Waals surface area contributed by atoms with Gasteiger partial charge in [0.15, 0.2) is 0 Å². The molecule has 0 aliphatic heterocycles. The number of rotatable bonds is 5. The van der Waals surface area contributed by atoms with Crippen molar-refractivity contribution in [3.63, 3.8) is 0 Å². The Labute approximate surface area is 109 Å². The van der Waals surface area contributed by atoms with Gasteiger partial charge < -0.3 is 5.73 Å². The summed E-state index contributed by atoms with van der Waals surface area (Å²) < 4.78 is 0. The minimum atomic E-state index is 0.442. The summed E-state index contributed by atoms with van der Waals surface area (Å²) in [6, 6.07) is 4.82. The minimum Gasteiger partial charge on any atom is -0.327 e. The second-order valence-electron chi connectivity index (χ2n) is 5.67. The molecule has 1 saturated carbocycles. The molecule has 1 fully saturated rings. The van der Waals surface area contributed by atoms with Gasteiger partial charge in [0.25, 0.3) is 0 Å². The maximum atomic E-state index is 6.35. The monoisotopic (exact) mass is 251 g/mol. The van der Waals surface area contributed by atoms with E-state index in [2.05, 4.69) is 24.4 Å². The van der Waals surface area contributed by atoms with Gasteiger partial charge in [-0.2, -0.15) is 0 Å². The van der Waals surface area contributed by atoms with Crippen LogP contribution in [0.1, 0.15) is 50.3 Å². The van der Waals surface area contributed by atoms with Crippen LogP contribution in [-0.4, -0.2) is 6.04 Å². The highest BCUT2D eigenvalue weighted by Gasteiger charge is 2.23. The van der Waals surface area contributed by atoms with Crippen molar-refractivity contribution < 1.29 is 0 Å². The molecule has 1 aliphatic carbocycles. The standard InChI is InChI=1S/C15H25NS/c1-12-5-2-6-13(11-12)15(16)9-3-7-14-8-4-10-17-14/h4,8,10,12-13,15H,2-3,5-7,9,11,16H2,1H3. The second-order valence-corrected chi connectivity index (χ2v) is 6.70. The van der Waals surface area contributed by atoms with Crippen LogP contribution >= 0.6 is 11.3 Å². The van der Waals surface area contributed by atoms with Crippen LogP contribution in [0, 0.1) is 11.8 Å². The molecule has 2 heteroatoms. The highest BCUT2D eigenvalue weighted by atomic mass is 32.1. The quantitative estimate of drug-likeness (QED) is 0.833. The molecule has 1 heterocycles. The van der Waals surface area contributed by atoms with E-state index in [4.69, 9.17) is 5.73 Å². The van der Waals surface area contributed by atoms with Crippen molar-refractivity contribution in [2.75, 3.05) is 0 Å². The van der Waals surface area contributed by atoms with Gasteiger partial charge in [0.1, 0.15) is 0 Å². The largest absolute Gasteiger partial charge is 0.327 e. The van der Waals surface area contributed by atoms with Gasteiger partial charge in [-0.15, -0.1) is 11.3 Å². The fraction of sp³-hybridized carbons (Fsp3) is 0.733. The van der Waals surface area contributed by atoms with E-state index in [1.165, 1.54) is 49.8 Å². The zero-order valence-electron chi connectivity index (χ0n) is 10.9. The Hall–Kier alpha value is -0.340. The molecule has 2 rings (SSSR count). The number of thiophene rings is 1. The Morgan fingerprint density at radius 2 is 2.35 bits per heavy atom. The lowest BCUT2D eigenvalue weighted by molar-refractivity contribution is 0.238. The van der Waals surface area contributed by atoms with Gasteiger partial charge in [-0.1, -0.05) is 25.8 Å². The van der Waals surface area contributed by atoms with Crippen molar-refractivity contribution in [1.29, 1.82) is 0 Å². The third-order valence-corrected chi connectivity index (χ3v) is 5.06. The van der Waals surface area contributed by atoms with Crippen LogP contribution < -0.4 is 5.73 Å². The fourth-order valence-corrected chi connectivity index (χ4v) is 3.82. The molecule has 1 aliphatic rings. The first kappa shape index (κ1) is 13.1. The fourth-order valence-electron chi connectivity index (χ4n) is 3.07. The zero-order chi connectivity index (χ0) is 12.1. The smallest absolute Gasteiger partial charge is 0.00673 e. The summed E-state index contributed by atoms with van der Waals surface area (Å²) in [5, 5.41) is 2.16. The third kappa shape index (κ3) is 4.11. The van der Waals surface area contributed by atoms with Gasteiger partial charge in [-0.25, -0.2) is 0 Å². The van der Waals surface area contributed by atoms with Crippen LogP contribution in [0.2, 0.25) is 0 Å². The number of hydrogen-bond donors (Lipinski definition) is 1. The molecule has 1 aromatic heterocycles.